The molecule has 0 spiro atoms. The van der Waals surface area contributed by atoms with Crippen molar-refractivity contribution in [1.82, 2.24) is 9.55 Å². The summed E-state index contributed by atoms with van der Waals surface area (Å²) in [6.07, 6.45) is 7.00. The number of aromatic nitrogens is 2. The zero-order valence-corrected chi connectivity index (χ0v) is 11.7. The molecule has 0 aliphatic heterocycles. The van der Waals surface area contributed by atoms with Crippen molar-refractivity contribution in [3.8, 4) is 11.4 Å². The number of benzene rings is 2. The van der Waals surface area contributed by atoms with Gasteiger partial charge in [0.25, 0.3) is 5.69 Å². The fraction of sp³-hybridized carbons (Fsp3) is 0. The molecular weight excluding hydrogens is 278 g/mol. The van der Waals surface area contributed by atoms with Crippen LogP contribution in [-0.2, 0) is 0 Å². The molecule has 0 fully saturated rings. The van der Waals surface area contributed by atoms with Gasteiger partial charge in [-0.1, -0.05) is 42.5 Å². The predicted octanol–water partition coefficient (Wildman–Crippen LogP) is 4.09. The molecule has 22 heavy (non-hydrogen) atoms. The van der Waals surface area contributed by atoms with Gasteiger partial charge in [0.2, 0.25) is 0 Å². The van der Waals surface area contributed by atoms with E-state index in [4.69, 9.17) is 0 Å². The number of hydrogen-bond donors (Lipinski definition) is 0. The van der Waals surface area contributed by atoms with E-state index in [9.17, 15) is 10.1 Å². The molecule has 0 atom stereocenters. The van der Waals surface area contributed by atoms with Crippen LogP contribution in [0.4, 0.5) is 5.69 Å². The Bertz CT molecular complexity index is 823. The van der Waals surface area contributed by atoms with Crippen molar-refractivity contribution in [2.75, 3.05) is 0 Å². The van der Waals surface area contributed by atoms with E-state index < -0.39 is 0 Å². The Morgan fingerprint density at radius 3 is 2.55 bits per heavy atom. The van der Waals surface area contributed by atoms with Crippen LogP contribution in [0.1, 0.15) is 5.56 Å². The second kappa shape index (κ2) is 6.05. The summed E-state index contributed by atoms with van der Waals surface area (Å²) < 4.78 is 1.84. The molecule has 1 heterocycles. The Morgan fingerprint density at radius 1 is 1.05 bits per heavy atom. The average Bonchev–Trinajstić information content (AvgIpc) is 3.02. The van der Waals surface area contributed by atoms with Crippen molar-refractivity contribution in [2.24, 2.45) is 0 Å². The van der Waals surface area contributed by atoms with Gasteiger partial charge in [-0.25, -0.2) is 4.98 Å². The zero-order chi connectivity index (χ0) is 15.4. The fourth-order valence-electron chi connectivity index (χ4n) is 2.20. The van der Waals surface area contributed by atoms with Crippen molar-refractivity contribution >= 4 is 18.0 Å². The van der Waals surface area contributed by atoms with Gasteiger partial charge in [0.1, 0.15) is 5.82 Å². The van der Waals surface area contributed by atoms with Crippen molar-refractivity contribution in [1.29, 1.82) is 0 Å². The molecule has 5 heteroatoms. The molecule has 3 aromatic rings. The Kier molecular flexibility index (Phi) is 3.78. The van der Waals surface area contributed by atoms with Crippen LogP contribution in [-0.4, -0.2) is 14.5 Å². The molecule has 0 N–H and O–H groups in total. The molecule has 108 valence electrons. The SMILES string of the molecule is O=[N+]([O-])c1ccccc1C=Cn1ccnc1-c1ccccc1. The molecular formula is C17H13N3O2. The molecule has 0 amide bonds. The Labute approximate surface area is 127 Å². The lowest BCUT2D eigenvalue weighted by atomic mass is 10.2. The lowest BCUT2D eigenvalue weighted by molar-refractivity contribution is -0.385. The minimum absolute atomic E-state index is 0.0835. The zero-order valence-electron chi connectivity index (χ0n) is 11.7. The third-order valence-corrected chi connectivity index (χ3v) is 3.25. The van der Waals surface area contributed by atoms with Gasteiger partial charge in [-0.3, -0.25) is 10.1 Å². The highest BCUT2D eigenvalue weighted by molar-refractivity contribution is 5.70. The number of nitrogens with zero attached hydrogens (tertiary/aromatic N) is 3. The Balaban J connectivity index is 1.95. The maximum absolute atomic E-state index is 11.0. The quantitative estimate of drug-likeness (QED) is 0.537. The maximum atomic E-state index is 11.0. The van der Waals surface area contributed by atoms with Gasteiger partial charge < -0.3 is 4.57 Å². The van der Waals surface area contributed by atoms with Gasteiger partial charge in [-0.15, -0.1) is 0 Å². The molecule has 0 bridgehead atoms. The van der Waals surface area contributed by atoms with Gasteiger partial charge in [-0.2, -0.15) is 0 Å². The minimum Gasteiger partial charge on any atom is -0.307 e. The first kappa shape index (κ1) is 13.8. The summed E-state index contributed by atoms with van der Waals surface area (Å²) in [6, 6.07) is 16.4. The van der Waals surface area contributed by atoms with E-state index in [1.165, 1.54) is 6.07 Å². The van der Waals surface area contributed by atoms with Crippen LogP contribution in [0.3, 0.4) is 0 Å². The largest absolute Gasteiger partial charge is 0.307 e. The van der Waals surface area contributed by atoms with Crippen LogP contribution in [0.25, 0.3) is 23.7 Å². The lowest BCUT2D eigenvalue weighted by Gasteiger charge is -2.02. The molecule has 0 unspecified atom stereocenters. The summed E-state index contributed by atoms with van der Waals surface area (Å²) >= 11 is 0. The highest BCUT2D eigenvalue weighted by atomic mass is 16.6. The van der Waals surface area contributed by atoms with Gasteiger partial charge in [0.05, 0.1) is 10.5 Å². The molecule has 5 nitrogen and oxygen atoms in total. The maximum Gasteiger partial charge on any atom is 0.276 e. The standard InChI is InChI=1S/C17H13N3O2/c21-20(22)16-9-5-4-6-14(16)10-12-19-13-11-18-17(19)15-7-2-1-3-8-15/h1-13H. The van der Waals surface area contributed by atoms with E-state index in [1.807, 2.05) is 41.1 Å². The normalized spacial score (nSPS) is 10.9. The average molecular weight is 291 g/mol. The number of para-hydroxylation sites is 1. The van der Waals surface area contributed by atoms with Crippen LogP contribution in [0, 0.1) is 10.1 Å². The fourth-order valence-corrected chi connectivity index (χ4v) is 2.20. The van der Waals surface area contributed by atoms with E-state index in [1.54, 1.807) is 36.7 Å². The van der Waals surface area contributed by atoms with E-state index in [0.717, 1.165) is 11.4 Å². The van der Waals surface area contributed by atoms with E-state index in [0.29, 0.717) is 5.56 Å². The summed E-state index contributed by atoms with van der Waals surface area (Å²) in [5.74, 6) is 0.787. The number of nitro benzene ring substituents is 1. The molecule has 0 aliphatic rings. The van der Waals surface area contributed by atoms with Gasteiger partial charge in [0, 0.05) is 30.2 Å². The summed E-state index contributed by atoms with van der Waals surface area (Å²) in [5.41, 5.74) is 1.63. The van der Waals surface area contributed by atoms with Crippen LogP contribution >= 0.6 is 0 Å². The van der Waals surface area contributed by atoms with E-state index in [-0.39, 0.29) is 10.6 Å². The Hall–Kier alpha value is -3.21. The van der Waals surface area contributed by atoms with Crippen molar-refractivity contribution in [2.45, 2.75) is 0 Å². The molecule has 0 radical (unpaired) electrons. The molecule has 0 saturated carbocycles. The number of rotatable bonds is 4. The van der Waals surface area contributed by atoms with Gasteiger partial charge in [-0.05, 0) is 12.1 Å². The topological polar surface area (TPSA) is 61.0 Å². The Morgan fingerprint density at radius 2 is 1.77 bits per heavy atom. The number of imidazole rings is 1. The van der Waals surface area contributed by atoms with Crippen LogP contribution in [0.2, 0.25) is 0 Å². The first-order valence-electron chi connectivity index (χ1n) is 6.75. The summed E-state index contributed by atoms with van der Waals surface area (Å²) in [4.78, 5) is 15.0. The number of nitro groups is 1. The first-order chi connectivity index (χ1) is 10.8. The highest BCUT2D eigenvalue weighted by Gasteiger charge is 2.09. The van der Waals surface area contributed by atoms with E-state index >= 15 is 0 Å². The third-order valence-electron chi connectivity index (χ3n) is 3.25. The van der Waals surface area contributed by atoms with Crippen LogP contribution in [0.5, 0.6) is 0 Å². The van der Waals surface area contributed by atoms with Gasteiger partial charge in [0.15, 0.2) is 0 Å². The molecule has 3 rings (SSSR count). The van der Waals surface area contributed by atoms with Crippen molar-refractivity contribution < 1.29 is 4.92 Å². The monoisotopic (exact) mass is 291 g/mol. The predicted molar refractivity (Wildman–Crippen MR) is 86.0 cm³/mol. The second-order valence-electron chi connectivity index (χ2n) is 4.66. The first-order valence-corrected chi connectivity index (χ1v) is 6.75. The van der Waals surface area contributed by atoms with Crippen LogP contribution < -0.4 is 0 Å². The molecule has 1 aromatic heterocycles. The van der Waals surface area contributed by atoms with Crippen molar-refractivity contribution in [3.63, 3.8) is 0 Å². The minimum atomic E-state index is -0.383. The second-order valence-corrected chi connectivity index (χ2v) is 4.66. The molecule has 2 aromatic carbocycles. The van der Waals surface area contributed by atoms with Gasteiger partial charge >= 0.3 is 0 Å². The lowest BCUT2D eigenvalue weighted by Crippen LogP contribution is -1.92. The summed E-state index contributed by atoms with van der Waals surface area (Å²) in [6.45, 7) is 0. The highest BCUT2D eigenvalue weighted by Crippen LogP contribution is 2.21. The molecule has 0 saturated heterocycles. The third kappa shape index (κ3) is 2.78. The number of hydrogen-bond acceptors (Lipinski definition) is 3. The molecule has 0 aliphatic carbocycles. The van der Waals surface area contributed by atoms with Crippen LogP contribution in [0.15, 0.2) is 67.0 Å². The summed E-state index contributed by atoms with van der Waals surface area (Å²) in [5, 5.41) is 11.0. The van der Waals surface area contributed by atoms with Crippen molar-refractivity contribution in [3.05, 3.63) is 82.7 Å². The smallest absolute Gasteiger partial charge is 0.276 e. The summed E-state index contributed by atoms with van der Waals surface area (Å²) in [7, 11) is 0. The van der Waals surface area contributed by atoms with E-state index in [2.05, 4.69) is 4.98 Å².